The lowest BCUT2D eigenvalue weighted by Gasteiger charge is -2.20. The summed E-state index contributed by atoms with van der Waals surface area (Å²) >= 11 is 0. The van der Waals surface area contributed by atoms with E-state index in [2.05, 4.69) is 25.3 Å². The predicted molar refractivity (Wildman–Crippen MR) is 108 cm³/mol. The van der Waals surface area contributed by atoms with Crippen LogP contribution in [0.25, 0.3) is 0 Å². The van der Waals surface area contributed by atoms with Crippen LogP contribution < -0.4 is 10.6 Å². The monoisotopic (exact) mass is 378 g/mol. The Kier molecular flexibility index (Phi) is 5.41. The highest BCUT2D eigenvalue weighted by Gasteiger charge is 2.23. The molecule has 7 nitrogen and oxygen atoms in total. The zero-order valence-electron chi connectivity index (χ0n) is 16.1. The summed E-state index contributed by atoms with van der Waals surface area (Å²) in [5.41, 5.74) is 1.09. The van der Waals surface area contributed by atoms with Gasteiger partial charge in [-0.15, -0.1) is 0 Å². The molecule has 1 saturated carbocycles. The Balaban J connectivity index is 1.42. The maximum atomic E-state index is 12.7. The largest absolute Gasteiger partial charge is 0.335 e. The summed E-state index contributed by atoms with van der Waals surface area (Å²) in [6.07, 6.45) is 8.76. The number of urea groups is 1. The first-order valence-electron chi connectivity index (χ1n) is 9.81. The number of aryl methyl sites for hydroxylation is 2. The molecular formula is C21H26N6O. The second-order valence-corrected chi connectivity index (χ2v) is 7.36. The molecule has 146 valence electrons. The van der Waals surface area contributed by atoms with Crippen molar-refractivity contribution in [3.05, 3.63) is 66.4 Å². The average Bonchev–Trinajstić information content (AvgIpc) is 3.27. The van der Waals surface area contributed by atoms with Crippen LogP contribution in [0.2, 0.25) is 0 Å². The first kappa shape index (κ1) is 18.3. The van der Waals surface area contributed by atoms with E-state index in [1.807, 2.05) is 54.2 Å². The van der Waals surface area contributed by atoms with E-state index < -0.39 is 0 Å². The molecule has 1 atom stereocenters. The Morgan fingerprint density at radius 1 is 1.21 bits per heavy atom. The van der Waals surface area contributed by atoms with Gasteiger partial charge >= 0.3 is 6.03 Å². The first-order valence-corrected chi connectivity index (χ1v) is 9.81. The van der Waals surface area contributed by atoms with Gasteiger partial charge in [-0.05, 0) is 37.7 Å². The molecule has 28 heavy (non-hydrogen) atoms. The number of carbonyl (C=O) groups excluding carboxylic acids is 1. The van der Waals surface area contributed by atoms with Gasteiger partial charge in [0, 0.05) is 31.5 Å². The number of aromatic nitrogens is 4. The maximum absolute atomic E-state index is 12.7. The van der Waals surface area contributed by atoms with Crippen molar-refractivity contribution in [3.8, 4) is 0 Å². The van der Waals surface area contributed by atoms with Crippen molar-refractivity contribution in [2.24, 2.45) is 5.92 Å². The third-order valence-corrected chi connectivity index (χ3v) is 5.18. The number of anilines is 1. The van der Waals surface area contributed by atoms with E-state index in [1.165, 1.54) is 12.8 Å². The van der Waals surface area contributed by atoms with E-state index >= 15 is 0 Å². The second-order valence-electron chi connectivity index (χ2n) is 7.36. The van der Waals surface area contributed by atoms with Crippen LogP contribution >= 0.6 is 0 Å². The fourth-order valence-corrected chi connectivity index (χ4v) is 3.36. The van der Waals surface area contributed by atoms with Crippen molar-refractivity contribution in [2.75, 3.05) is 5.32 Å². The van der Waals surface area contributed by atoms with E-state index in [0.29, 0.717) is 5.92 Å². The molecule has 0 saturated heterocycles. The summed E-state index contributed by atoms with van der Waals surface area (Å²) < 4.78 is 3.98. The third-order valence-electron chi connectivity index (χ3n) is 5.18. The summed E-state index contributed by atoms with van der Waals surface area (Å²) in [4.78, 5) is 17.0. The summed E-state index contributed by atoms with van der Waals surface area (Å²) in [6.45, 7) is 3.63. The van der Waals surface area contributed by atoms with Crippen LogP contribution in [-0.4, -0.2) is 25.4 Å². The number of imidazole rings is 1. The molecule has 3 aromatic rings. The highest BCUT2D eigenvalue weighted by molar-refractivity contribution is 5.88. The second kappa shape index (κ2) is 8.29. The van der Waals surface area contributed by atoms with Gasteiger partial charge in [-0.3, -0.25) is 5.32 Å². The molecule has 2 amide bonds. The molecule has 0 bridgehead atoms. The molecule has 1 aromatic carbocycles. The van der Waals surface area contributed by atoms with E-state index in [4.69, 9.17) is 0 Å². The lowest BCUT2D eigenvalue weighted by Crippen LogP contribution is -2.34. The Bertz CT molecular complexity index is 912. The quantitative estimate of drug-likeness (QED) is 0.627. The van der Waals surface area contributed by atoms with E-state index in [0.717, 1.165) is 36.7 Å². The molecular weight excluding hydrogens is 352 g/mol. The lowest BCUT2D eigenvalue weighted by atomic mass is 10.0. The molecule has 7 heteroatoms. The number of carbonyl (C=O) groups is 1. The molecule has 0 radical (unpaired) electrons. The van der Waals surface area contributed by atoms with Gasteiger partial charge in [-0.25, -0.2) is 14.5 Å². The summed E-state index contributed by atoms with van der Waals surface area (Å²) in [7, 11) is 0. The smallest absolute Gasteiger partial charge is 0.320 e. The maximum Gasteiger partial charge on any atom is 0.320 e. The summed E-state index contributed by atoms with van der Waals surface area (Å²) in [5, 5.41) is 10.4. The minimum absolute atomic E-state index is 0.0946. The number of amides is 2. The minimum Gasteiger partial charge on any atom is -0.335 e. The normalized spacial score (nSPS) is 14.6. The summed E-state index contributed by atoms with van der Waals surface area (Å²) in [6, 6.07) is 11.6. The zero-order valence-corrected chi connectivity index (χ0v) is 16.1. The van der Waals surface area contributed by atoms with Crippen LogP contribution in [0, 0.1) is 12.8 Å². The van der Waals surface area contributed by atoms with E-state index in [-0.39, 0.29) is 12.1 Å². The van der Waals surface area contributed by atoms with Gasteiger partial charge < -0.3 is 9.88 Å². The molecule has 0 aliphatic heterocycles. The van der Waals surface area contributed by atoms with Crippen LogP contribution in [0.15, 0.2) is 55.0 Å². The molecule has 4 rings (SSSR count). The van der Waals surface area contributed by atoms with Crippen molar-refractivity contribution in [2.45, 2.75) is 45.3 Å². The van der Waals surface area contributed by atoms with Crippen molar-refractivity contribution in [1.82, 2.24) is 24.6 Å². The number of hydrogen-bond acceptors (Lipinski definition) is 3. The third kappa shape index (κ3) is 4.60. The van der Waals surface area contributed by atoms with E-state index in [1.54, 1.807) is 12.4 Å². The Morgan fingerprint density at radius 2 is 2.04 bits per heavy atom. The Labute approximate surface area is 164 Å². The fraction of sp³-hybridized carbons (Fsp3) is 0.381. The summed E-state index contributed by atoms with van der Waals surface area (Å²) in [5.74, 6) is 2.40. The van der Waals surface area contributed by atoms with Crippen molar-refractivity contribution in [3.63, 3.8) is 0 Å². The Hall–Kier alpha value is -3.09. The van der Waals surface area contributed by atoms with Crippen LogP contribution in [0.3, 0.4) is 0 Å². The zero-order chi connectivity index (χ0) is 19.3. The standard InChI is InChI=1S/C21H26N6O/c1-16-22-12-14-26(16)13-10-19(18-5-3-2-4-6-18)24-21(28)25-20-9-11-23-27(20)15-17-7-8-17/h2-6,9,11-12,14,17,19H,7-8,10,13,15H2,1H3,(H2,24,25,28)/t19-/m1/s1. The van der Waals surface area contributed by atoms with Crippen molar-refractivity contribution in [1.29, 1.82) is 0 Å². The Morgan fingerprint density at radius 3 is 2.75 bits per heavy atom. The predicted octanol–water partition coefficient (Wildman–Crippen LogP) is 3.75. The van der Waals surface area contributed by atoms with Gasteiger partial charge in [0.05, 0.1) is 12.2 Å². The average molecular weight is 378 g/mol. The van der Waals surface area contributed by atoms with Gasteiger partial charge in [0.15, 0.2) is 0 Å². The van der Waals surface area contributed by atoms with Gasteiger partial charge in [0.2, 0.25) is 0 Å². The van der Waals surface area contributed by atoms with Crippen molar-refractivity contribution < 1.29 is 4.79 Å². The highest BCUT2D eigenvalue weighted by Crippen LogP contribution is 2.31. The molecule has 2 aromatic heterocycles. The molecule has 0 unspecified atom stereocenters. The van der Waals surface area contributed by atoms with Crippen LogP contribution in [0.5, 0.6) is 0 Å². The molecule has 1 aliphatic carbocycles. The molecule has 2 N–H and O–H groups in total. The molecule has 1 fully saturated rings. The number of nitrogens with zero attached hydrogens (tertiary/aromatic N) is 4. The molecule has 0 spiro atoms. The minimum atomic E-state index is -0.214. The van der Waals surface area contributed by atoms with Crippen LogP contribution in [-0.2, 0) is 13.1 Å². The fourth-order valence-electron chi connectivity index (χ4n) is 3.36. The van der Waals surface area contributed by atoms with E-state index in [9.17, 15) is 4.79 Å². The topological polar surface area (TPSA) is 76.8 Å². The van der Waals surface area contributed by atoms with Gasteiger partial charge in [-0.1, -0.05) is 30.3 Å². The van der Waals surface area contributed by atoms with Crippen LogP contribution in [0.1, 0.15) is 36.7 Å². The highest BCUT2D eigenvalue weighted by atomic mass is 16.2. The lowest BCUT2D eigenvalue weighted by molar-refractivity contribution is 0.247. The van der Waals surface area contributed by atoms with Gasteiger partial charge in [0.1, 0.15) is 11.6 Å². The molecule has 2 heterocycles. The first-order chi connectivity index (χ1) is 13.7. The number of rotatable bonds is 8. The van der Waals surface area contributed by atoms with Gasteiger partial charge in [0.25, 0.3) is 0 Å². The van der Waals surface area contributed by atoms with Gasteiger partial charge in [-0.2, -0.15) is 5.10 Å². The van der Waals surface area contributed by atoms with Crippen LogP contribution in [0.4, 0.5) is 10.6 Å². The molecule has 1 aliphatic rings. The number of nitrogens with one attached hydrogen (secondary N) is 2. The van der Waals surface area contributed by atoms with Crippen molar-refractivity contribution >= 4 is 11.8 Å². The number of benzene rings is 1. The SMILES string of the molecule is Cc1nccn1CC[C@@H](NC(=O)Nc1ccnn1CC1CC1)c1ccccc1. The number of hydrogen-bond donors (Lipinski definition) is 2.